The number of hydrogen-bond acceptors (Lipinski definition) is 3. The Morgan fingerprint density at radius 2 is 1.91 bits per heavy atom. The third-order valence-corrected chi connectivity index (χ3v) is 3.92. The lowest BCUT2D eigenvalue weighted by atomic mass is 10.1. The van der Waals surface area contributed by atoms with Crippen LogP contribution in [0.3, 0.4) is 0 Å². The Bertz CT molecular complexity index is 746. The van der Waals surface area contributed by atoms with Gasteiger partial charge in [0.25, 0.3) is 0 Å². The molecule has 0 aliphatic carbocycles. The summed E-state index contributed by atoms with van der Waals surface area (Å²) in [6.07, 6.45) is -4.66. The zero-order valence-corrected chi connectivity index (χ0v) is 13.6. The molecular weight excluding hydrogens is 377 g/mol. The quantitative estimate of drug-likeness (QED) is 0.838. The molecule has 0 bridgehead atoms. The highest BCUT2D eigenvalue weighted by Gasteiger charge is 2.40. The minimum absolute atomic E-state index is 0.0229. The van der Waals surface area contributed by atoms with Gasteiger partial charge in [0, 0.05) is 6.61 Å². The van der Waals surface area contributed by atoms with Crippen molar-refractivity contribution in [2.45, 2.75) is 19.8 Å². The van der Waals surface area contributed by atoms with Gasteiger partial charge in [-0.25, -0.2) is 0 Å². The Morgan fingerprint density at radius 3 is 2.39 bits per heavy atom. The van der Waals surface area contributed by atoms with Crippen LogP contribution in [0.4, 0.5) is 13.2 Å². The van der Waals surface area contributed by atoms with E-state index >= 15 is 0 Å². The van der Waals surface area contributed by atoms with Crippen molar-refractivity contribution < 1.29 is 23.0 Å². The van der Waals surface area contributed by atoms with Crippen LogP contribution in [0, 0.1) is 11.3 Å². The van der Waals surface area contributed by atoms with Gasteiger partial charge in [-0.05, 0) is 52.7 Å². The maximum absolute atomic E-state index is 13.4. The normalized spacial score (nSPS) is 11.5. The van der Waals surface area contributed by atoms with Crippen LogP contribution < -0.4 is 0 Å². The third-order valence-electron chi connectivity index (χ3n) is 3.15. The molecule has 0 fully saturated rings. The number of alkyl halides is 3. The molecule has 1 N–H and O–H groups in total. The van der Waals surface area contributed by atoms with Crippen molar-refractivity contribution in [3.05, 3.63) is 40.0 Å². The molecule has 0 radical (unpaired) electrons. The number of halogens is 4. The van der Waals surface area contributed by atoms with Crippen LogP contribution in [-0.2, 0) is 17.6 Å². The minimum Gasteiger partial charge on any atom is -0.508 e. The first kappa shape index (κ1) is 17.4. The zero-order valence-electron chi connectivity index (χ0n) is 12.0. The Balaban J connectivity index is 2.77. The van der Waals surface area contributed by atoms with Crippen LogP contribution in [0.15, 0.2) is 28.7 Å². The zero-order chi connectivity index (χ0) is 17.2. The van der Waals surface area contributed by atoms with Crippen molar-refractivity contribution in [2.75, 3.05) is 6.61 Å². The summed E-state index contributed by atoms with van der Waals surface area (Å²) in [4.78, 5) is 0. The maximum atomic E-state index is 13.4. The summed E-state index contributed by atoms with van der Waals surface area (Å²) in [5.74, 6) is -0.0229. The van der Waals surface area contributed by atoms with Gasteiger partial charge in [-0.15, -0.1) is 0 Å². The van der Waals surface area contributed by atoms with Crippen LogP contribution in [0.1, 0.15) is 18.2 Å². The summed E-state index contributed by atoms with van der Waals surface area (Å²) >= 11 is 2.88. The standard InChI is InChI=1S/C15H12BrF3N2O2/c1-2-23-8-21-13(9-3-5-10(22)6-4-9)11(7-20)12(16)14(21)15(17,18)19/h3-6,22H,2,8H2,1H3. The first-order valence-corrected chi connectivity index (χ1v) is 7.37. The van der Waals surface area contributed by atoms with E-state index in [-0.39, 0.29) is 34.8 Å². The number of hydrogen-bond donors (Lipinski definition) is 1. The average Bonchev–Trinajstić information content (AvgIpc) is 2.77. The number of aromatic nitrogens is 1. The SMILES string of the molecule is CCOCn1c(-c2ccc(O)cc2)c(C#N)c(Br)c1C(F)(F)F. The molecule has 1 aromatic heterocycles. The Labute approximate surface area is 138 Å². The van der Waals surface area contributed by atoms with Crippen LogP contribution in [0.25, 0.3) is 11.3 Å². The molecule has 0 atom stereocenters. The number of rotatable bonds is 4. The highest BCUT2D eigenvalue weighted by Crippen LogP contribution is 2.43. The number of aromatic hydroxyl groups is 1. The molecular formula is C15H12BrF3N2O2. The first-order valence-electron chi connectivity index (χ1n) is 6.57. The summed E-state index contributed by atoms with van der Waals surface area (Å²) < 4.78 is 45.9. The van der Waals surface area contributed by atoms with E-state index in [0.29, 0.717) is 5.56 Å². The van der Waals surface area contributed by atoms with E-state index in [0.717, 1.165) is 4.57 Å². The van der Waals surface area contributed by atoms with Gasteiger partial charge in [-0.3, -0.25) is 0 Å². The van der Waals surface area contributed by atoms with Gasteiger partial charge in [0.15, 0.2) is 0 Å². The van der Waals surface area contributed by atoms with Gasteiger partial charge >= 0.3 is 6.18 Å². The molecule has 0 spiro atoms. The molecule has 0 saturated carbocycles. The van der Waals surface area contributed by atoms with E-state index < -0.39 is 11.9 Å². The monoisotopic (exact) mass is 388 g/mol. The fourth-order valence-electron chi connectivity index (χ4n) is 2.20. The van der Waals surface area contributed by atoms with Crippen LogP contribution >= 0.6 is 15.9 Å². The lowest BCUT2D eigenvalue weighted by molar-refractivity contribution is -0.146. The van der Waals surface area contributed by atoms with Crippen LogP contribution in [0.2, 0.25) is 0 Å². The molecule has 0 aliphatic rings. The fraction of sp³-hybridized carbons (Fsp3) is 0.267. The molecule has 0 aliphatic heterocycles. The van der Waals surface area contributed by atoms with Gasteiger partial charge in [0.1, 0.15) is 24.2 Å². The van der Waals surface area contributed by atoms with Crippen LogP contribution in [0.5, 0.6) is 5.75 Å². The Hall–Kier alpha value is -1.98. The summed E-state index contributed by atoms with van der Waals surface area (Å²) in [7, 11) is 0. The van der Waals surface area contributed by atoms with Gasteiger partial charge in [-0.1, -0.05) is 0 Å². The Morgan fingerprint density at radius 1 is 1.30 bits per heavy atom. The predicted octanol–water partition coefficient (Wildman–Crippen LogP) is 4.51. The van der Waals surface area contributed by atoms with E-state index in [9.17, 15) is 23.5 Å². The molecule has 122 valence electrons. The topological polar surface area (TPSA) is 58.2 Å². The van der Waals surface area contributed by atoms with E-state index in [1.165, 1.54) is 24.3 Å². The summed E-state index contributed by atoms with van der Waals surface area (Å²) in [6.45, 7) is 1.54. The van der Waals surface area contributed by atoms with Crippen molar-refractivity contribution in [2.24, 2.45) is 0 Å². The maximum Gasteiger partial charge on any atom is 0.432 e. The van der Waals surface area contributed by atoms with E-state index in [2.05, 4.69) is 15.9 Å². The van der Waals surface area contributed by atoms with Crippen molar-refractivity contribution in [1.82, 2.24) is 4.57 Å². The van der Waals surface area contributed by atoms with Gasteiger partial charge < -0.3 is 14.4 Å². The lowest BCUT2D eigenvalue weighted by Crippen LogP contribution is -2.16. The van der Waals surface area contributed by atoms with Gasteiger partial charge in [0.2, 0.25) is 0 Å². The molecule has 1 aromatic carbocycles. The third kappa shape index (κ3) is 3.35. The largest absolute Gasteiger partial charge is 0.508 e. The number of benzene rings is 1. The smallest absolute Gasteiger partial charge is 0.432 e. The molecule has 4 nitrogen and oxygen atoms in total. The average molecular weight is 389 g/mol. The molecule has 0 unspecified atom stereocenters. The molecule has 0 saturated heterocycles. The first-order chi connectivity index (χ1) is 10.8. The van der Waals surface area contributed by atoms with Gasteiger partial charge in [-0.2, -0.15) is 18.4 Å². The van der Waals surface area contributed by atoms with E-state index in [4.69, 9.17) is 4.74 Å². The van der Waals surface area contributed by atoms with Crippen molar-refractivity contribution in [3.63, 3.8) is 0 Å². The van der Waals surface area contributed by atoms with Crippen molar-refractivity contribution >= 4 is 15.9 Å². The summed E-state index contributed by atoms with van der Waals surface area (Å²) in [5.41, 5.74) is -0.663. The highest BCUT2D eigenvalue weighted by molar-refractivity contribution is 9.10. The Kier molecular flexibility index (Phi) is 5.02. The van der Waals surface area contributed by atoms with E-state index in [1.807, 2.05) is 0 Å². The number of nitriles is 1. The number of ether oxygens (including phenoxy) is 1. The molecule has 0 amide bonds. The molecule has 2 rings (SSSR count). The van der Waals surface area contributed by atoms with Crippen molar-refractivity contribution in [1.29, 1.82) is 5.26 Å². The summed E-state index contributed by atoms with van der Waals surface area (Å²) in [6, 6.07) is 7.38. The van der Waals surface area contributed by atoms with Gasteiger partial charge in [0.05, 0.1) is 15.7 Å². The predicted molar refractivity (Wildman–Crippen MR) is 80.6 cm³/mol. The number of phenols is 1. The van der Waals surface area contributed by atoms with E-state index in [1.54, 1.807) is 13.0 Å². The molecule has 2 aromatic rings. The second kappa shape index (κ2) is 6.64. The second-order valence-corrected chi connectivity index (χ2v) is 5.39. The highest BCUT2D eigenvalue weighted by atomic mass is 79.9. The van der Waals surface area contributed by atoms with Crippen LogP contribution in [-0.4, -0.2) is 16.3 Å². The lowest BCUT2D eigenvalue weighted by Gasteiger charge is -2.15. The number of phenolic OH excluding ortho intramolecular Hbond substituents is 1. The molecule has 1 heterocycles. The molecule has 23 heavy (non-hydrogen) atoms. The number of nitrogens with zero attached hydrogens (tertiary/aromatic N) is 2. The second-order valence-electron chi connectivity index (χ2n) is 4.59. The minimum atomic E-state index is -4.66. The van der Waals surface area contributed by atoms with Crippen molar-refractivity contribution in [3.8, 4) is 23.1 Å². The molecule has 8 heteroatoms. The summed E-state index contributed by atoms with van der Waals surface area (Å²) in [5, 5.41) is 18.6. The fourth-order valence-corrected chi connectivity index (χ4v) is 2.91.